The van der Waals surface area contributed by atoms with E-state index >= 15 is 0 Å². The Balaban J connectivity index is 1.53. The lowest BCUT2D eigenvalue weighted by Gasteiger charge is -2.37. The van der Waals surface area contributed by atoms with E-state index in [4.69, 9.17) is 9.47 Å². The zero-order chi connectivity index (χ0) is 14.3. The van der Waals surface area contributed by atoms with E-state index in [1.54, 1.807) is 0 Å². The van der Waals surface area contributed by atoms with Crippen LogP contribution < -0.4 is 4.74 Å². The van der Waals surface area contributed by atoms with Gasteiger partial charge >= 0.3 is 0 Å². The van der Waals surface area contributed by atoms with Gasteiger partial charge in [0.05, 0.1) is 11.5 Å². The molecule has 0 N–H and O–H groups in total. The van der Waals surface area contributed by atoms with Crippen LogP contribution in [0, 0.1) is 5.92 Å². The first-order valence-electron chi connectivity index (χ1n) is 7.75. The van der Waals surface area contributed by atoms with E-state index < -0.39 is 0 Å². The van der Waals surface area contributed by atoms with Crippen molar-refractivity contribution < 1.29 is 14.3 Å². The predicted octanol–water partition coefficient (Wildman–Crippen LogP) is 3.03. The predicted molar refractivity (Wildman–Crippen MR) is 83.0 cm³/mol. The molecule has 21 heavy (non-hydrogen) atoms. The molecule has 3 unspecified atom stereocenters. The molecule has 112 valence electrons. The van der Waals surface area contributed by atoms with Gasteiger partial charge in [-0.1, -0.05) is 18.2 Å². The summed E-state index contributed by atoms with van der Waals surface area (Å²) in [7, 11) is 0. The maximum atomic E-state index is 13.0. The Bertz CT molecular complexity index is 551. The number of carbonyl (C=O) groups excluding carboxylic acids is 1. The van der Waals surface area contributed by atoms with E-state index in [1.165, 1.54) is 0 Å². The summed E-state index contributed by atoms with van der Waals surface area (Å²) in [6.45, 7) is 1.24. The number of thioether (sulfide) groups is 1. The molecule has 3 aliphatic rings. The van der Waals surface area contributed by atoms with Gasteiger partial charge in [0.25, 0.3) is 0 Å². The van der Waals surface area contributed by atoms with Gasteiger partial charge < -0.3 is 9.47 Å². The van der Waals surface area contributed by atoms with Gasteiger partial charge in [-0.05, 0) is 31.1 Å². The summed E-state index contributed by atoms with van der Waals surface area (Å²) in [5.41, 5.74) is 1.05. The molecule has 2 fully saturated rings. The van der Waals surface area contributed by atoms with Crippen molar-refractivity contribution in [1.82, 2.24) is 0 Å². The standard InChI is InChI=1S/C17H20O3S/c18-16(14-10-19-15-4-2-1-3-13(14)15)12-5-7-20-17(9-12)6-8-21-11-17/h1-4,12,14H,5-11H2. The Morgan fingerprint density at radius 2 is 2.24 bits per heavy atom. The number of ketones is 1. The van der Waals surface area contributed by atoms with E-state index in [0.29, 0.717) is 12.4 Å². The summed E-state index contributed by atoms with van der Waals surface area (Å²) in [6, 6.07) is 7.95. The third-order valence-electron chi connectivity index (χ3n) is 5.01. The minimum absolute atomic E-state index is 0.0256. The highest BCUT2D eigenvalue weighted by atomic mass is 32.2. The van der Waals surface area contributed by atoms with Crippen LogP contribution in [0.15, 0.2) is 24.3 Å². The summed E-state index contributed by atoms with van der Waals surface area (Å²) in [4.78, 5) is 13.0. The Morgan fingerprint density at radius 1 is 1.33 bits per heavy atom. The van der Waals surface area contributed by atoms with Crippen molar-refractivity contribution in [3.05, 3.63) is 29.8 Å². The van der Waals surface area contributed by atoms with Crippen LogP contribution in [0.5, 0.6) is 5.75 Å². The fourth-order valence-electron chi connectivity index (χ4n) is 3.82. The maximum absolute atomic E-state index is 13.0. The molecule has 0 amide bonds. The van der Waals surface area contributed by atoms with Crippen molar-refractivity contribution >= 4 is 17.5 Å². The van der Waals surface area contributed by atoms with Gasteiger partial charge in [0.1, 0.15) is 18.1 Å². The van der Waals surface area contributed by atoms with Gasteiger partial charge in [-0.2, -0.15) is 11.8 Å². The number of para-hydroxylation sites is 1. The molecule has 0 saturated carbocycles. The van der Waals surface area contributed by atoms with Crippen LogP contribution in [-0.2, 0) is 9.53 Å². The van der Waals surface area contributed by atoms with Crippen LogP contribution in [-0.4, -0.2) is 36.1 Å². The first kappa shape index (κ1) is 13.6. The highest BCUT2D eigenvalue weighted by Gasteiger charge is 2.44. The molecule has 0 bridgehead atoms. The first-order valence-corrected chi connectivity index (χ1v) is 8.90. The van der Waals surface area contributed by atoms with Gasteiger partial charge in [-0.3, -0.25) is 4.79 Å². The van der Waals surface area contributed by atoms with Crippen LogP contribution >= 0.6 is 11.8 Å². The molecule has 3 atom stereocenters. The lowest BCUT2D eigenvalue weighted by Crippen LogP contribution is -2.43. The number of fused-ring (bicyclic) bond motifs is 1. The number of carbonyl (C=O) groups is 1. The van der Waals surface area contributed by atoms with Crippen LogP contribution in [0.3, 0.4) is 0 Å². The van der Waals surface area contributed by atoms with E-state index in [9.17, 15) is 4.79 Å². The molecule has 1 spiro atoms. The average molecular weight is 304 g/mol. The molecule has 0 aliphatic carbocycles. The van der Waals surface area contributed by atoms with Crippen LogP contribution in [0.1, 0.15) is 30.7 Å². The Labute approximate surface area is 129 Å². The quantitative estimate of drug-likeness (QED) is 0.841. The second-order valence-corrected chi connectivity index (χ2v) is 7.43. The van der Waals surface area contributed by atoms with E-state index in [1.807, 2.05) is 36.0 Å². The molecule has 3 heterocycles. The minimum Gasteiger partial charge on any atom is -0.492 e. The number of ether oxygens (including phenoxy) is 2. The lowest BCUT2D eigenvalue weighted by atomic mass is 9.78. The number of rotatable bonds is 2. The van der Waals surface area contributed by atoms with Crippen molar-refractivity contribution in [3.63, 3.8) is 0 Å². The van der Waals surface area contributed by atoms with Crippen molar-refractivity contribution in [3.8, 4) is 5.75 Å². The highest BCUT2D eigenvalue weighted by Crippen LogP contribution is 2.43. The smallest absolute Gasteiger partial charge is 0.147 e. The lowest BCUT2D eigenvalue weighted by molar-refractivity contribution is -0.135. The molecular weight excluding hydrogens is 284 g/mol. The van der Waals surface area contributed by atoms with Crippen LogP contribution in [0.25, 0.3) is 0 Å². The summed E-state index contributed by atoms with van der Waals surface area (Å²) < 4.78 is 11.7. The summed E-state index contributed by atoms with van der Waals surface area (Å²) in [6.07, 6.45) is 2.86. The van der Waals surface area contributed by atoms with Gasteiger partial charge in [0, 0.05) is 23.8 Å². The molecule has 1 aromatic rings. The monoisotopic (exact) mass is 304 g/mol. The summed E-state index contributed by atoms with van der Waals surface area (Å²) >= 11 is 1.95. The van der Waals surface area contributed by atoms with Crippen LogP contribution in [0.4, 0.5) is 0 Å². The van der Waals surface area contributed by atoms with E-state index in [-0.39, 0.29) is 17.4 Å². The Kier molecular flexibility index (Phi) is 3.46. The van der Waals surface area contributed by atoms with Gasteiger partial charge in [0.2, 0.25) is 0 Å². The molecule has 1 aromatic carbocycles. The number of hydrogen-bond donors (Lipinski definition) is 0. The van der Waals surface area contributed by atoms with Gasteiger partial charge in [-0.15, -0.1) is 0 Å². The third kappa shape index (κ3) is 2.38. The molecule has 0 radical (unpaired) electrons. The van der Waals surface area contributed by atoms with Crippen molar-refractivity contribution in [2.75, 3.05) is 24.7 Å². The third-order valence-corrected chi connectivity index (χ3v) is 6.23. The van der Waals surface area contributed by atoms with E-state index in [2.05, 4.69) is 0 Å². The summed E-state index contributed by atoms with van der Waals surface area (Å²) in [5.74, 6) is 3.52. The normalized spacial score (nSPS) is 34.7. The SMILES string of the molecule is O=C(C1CCOC2(CCSC2)C1)C1COc2ccccc21. The van der Waals surface area contributed by atoms with Gasteiger partial charge in [0.15, 0.2) is 0 Å². The molecule has 3 nitrogen and oxygen atoms in total. The largest absolute Gasteiger partial charge is 0.492 e. The Hall–Kier alpha value is -1.00. The van der Waals surface area contributed by atoms with Gasteiger partial charge in [-0.25, -0.2) is 0 Å². The fraction of sp³-hybridized carbons (Fsp3) is 0.588. The Morgan fingerprint density at radius 3 is 3.10 bits per heavy atom. The zero-order valence-corrected chi connectivity index (χ0v) is 12.9. The second kappa shape index (κ2) is 5.33. The highest BCUT2D eigenvalue weighted by molar-refractivity contribution is 7.99. The van der Waals surface area contributed by atoms with Crippen molar-refractivity contribution in [2.24, 2.45) is 5.92 Å². The summed E-state index contributed by atoms with van der Waals surface area (Å²) in [5, 5.41) is 0. The number of hydrogen-bond acceptors (Lipinski definition) is 4. The molecule has 0 aromatic heterocycles. The van der Waals surface area contributed by atoms with Crippen LogP contribution in [0.2, 0.25) is 0 Å². The average Bonchev–Trinajstić information content (AvgIpc) is 3.14. The maximum Gasteiger partial charge on any atom is 0.147 e. The molecule has 2 saturated heterocycles. The molecule has 4 heteroatoms. The first-order chi connectivity index (χ1) is 10.3. The fourth-order valence-corrected chi connectivity index (χ4v) is 5.19. The minimum atomic E-state index is -0.0737. The van der Waals surface area contributed by atoms with E-state index in [0.717, 1.165) is 48.7 Å². The molecule has 3 aliphatic heterocycles. The number of benzene rings is 1. The second-order valence-electron chi connectivity index (χ2n) is 6.33. The topological polar surface area (TPSA) is 35.5 Å². The van der Waals surface area contributed by atoms with Crippen molar-refractivity contribution in [1.29, 1.82) is 0 Å². The van der Waals surface area contributed by atoms with Crippen molar-refractivity contribution in [2.45, 2.75) is 30.8 Å². The zero-order valence-electron chi connectivity index (χ0n) is 12.0. The number of Topliss-reactive ketones (excluding diaryl/α,β-unsaturated/α-hetero) is 1. The molecule has 4 rings (SSSR count). The molecular formula is C17H20O3S.